The molecule has 0 aliphatic carbocycles. The number of anilines is 2. The predicted octanol–water partition coefficient (Wildman–Crippen LogP) is 3.85. The zero-order valence-corrected chi connectivity index (χ0v) is 14.4. The lowest BCUT2D eigenvalue weighted by molar-refractivity contribution is 0.0946. The summed E-state index contributed by atoms with van der Waals surface area (Å²) in [6, 6.07) is 15.5. The zero-order valence-electron chi connectivity index (χ0n) is 14.4. The van der Waals surface area contributed by atoms with E-state index in [0.29, 0.717) is 12.4 Å². The van der Waals surface area contributed by atoms with Crippen LogP contribution in [0.15, 0.2) is 60.9 Å². The molecule has 1 aromatic heterocycles. The fraction of sp³-hybridized carbons (Fsp3) is 0.150. The Morgan fingerprint density at radius 1 is 1.08 bits per heavy atom. The predicted molar refractivity (Wildman–Crippen MR) is 98.7 cm³/mol. The van der Waals surface area contributed by atoms with E-state index in [0.717, 1.165) is 23.2 Å². The number of benzene rings is 2. The number of nitrogens with zero attached hydrogens (tertiary/aromatic N) is 2. The van der Waals surface area contributed by atoms with Crippen molar-refractivity contribution in [3.8, 4) is 0 Å². The Bertz CT molecular complexity index is 896. The Morgan fingerprint density at radius 3 is 2.62 bits per heavy atom. The van der Waals surface area contributed by atoms with Crippen molar-refractivity contribution in [3.63, 3.8) is 0 Å². The lowest BCUT2D eigenvalue weighted by Crippen LogP contribution is -2.24. The average molecular weight is 350 g/mol. The second-order valence-electron chi connectivity index (χ2n) is 5.73. The second kappa shape index (κ2) is 8.20. The maximum atomic E-state index is 12.9. The van der Waals surface area contributed by atoms with Crippen LogP contribution in [0.1, 0.15) is 28.5 Å². The van der Waals surface area contributed by atoms with Gasteiger partial charge >= 0.3 is 0 Å². The summed E-state index contributed by atoms with van der Waals surface area (Å²) in [5.74, 6) is -0.0738. The number of amides is 1. The largest absolute Gasteiger partial charge is 0.347 e. The Hall–Kier alpha value is -3.28. The molecular formula is C20H19FN4O. The van der Waals surface area contributed by atoms with Crippen LogP contribution in [-0.2, 0) is 13.0 Å². The summed E-state index contributed by atoms with van der Waals surface area (Å²) >= 11 is 0. The van der Waals surface area contributed by atoms with Gasteiger partial charge in [-0.3, -0.25) is 4.79 Å². The van der Waals surface area contributed by atoms with Crippen LogP contribution in [0, 0.1) is 5.82 Å². The first kappa shape index (κ1) is 17.5. The third-order valence-electron chi connectivity index (χ3n) is 3.93. The van der Waals surface area contributed by atoms with E-state index >= 15 is 0 Å². The molecule has 3 rings (SSSR count). The molecule has 0 aliphatic heterocycles. The average Bonchev–Trinajstić information content (AvgIpc) is 2.68. The lowest BCUT2D eigenvalue weighted by Gasteiger charge is -2.11. The molecule has 26 heavy (non-hydrogen) atoms. The highest BCUT2D eigenvalue weighted by Crippen LogP contribution is 2.20. The monoisotopic (exact) mass is 350 g/mol. The summed E-state index contributed by atoms with van der Waals surface area (Å²) in [5, 5.41) is 5.99. The molecule has 0 fully saturated rings. The molecule has 1 amide bonds. The van der Waals surface area contributed by atoms with Gasteiger partial charge in [0.1, 0.15) is 23.7 Å². The fourth-order valence-corrected chi connectivity index (χ4v) is 2.51. The van der Waals surface area contributed by atoms with Crippen molar-refractivity contribution in [3.05, 3.63) is 83.6 Å². The van der Waals surface area contributed by atoms with Gasteiger partial charge in [0.2, 0.25) is 0 Å². The van der Waals surface area contributed by atoms with Crippen LogP contribution >= 0.6 is 0 Å². The van der Waals surface area contributed by atoms with Crippen molar-refractivity contribution in [1.29, 1.82) is 0 Å². The SMILES string of the molecule is CCc1ccccc1Nc1cc(C(=O)NCc2ccc(F)cc2)ncn1. The molecule has 3 aromatic rings. The number of rotatable bonds is 6. The van der Waals surface area contributed by atoms with Gasteiger partial charge in [0.25, 0.3) is 5.91 Å². The van der Waals surface area contributed by atoms with Crippen LogP contribution in [-0.4, -0.2) is 15.9 Å². The first-order chi connectivity index (χ1) is 12.7. The van der Waals surface area contributed by atoms with E-state index in [2.05, 4.69) is 27.5 Å². The number of carbonyl (C=O) groups excluding carboxylic acids is 1. The number of halogens is 1. The normalized spacial score (nSPS) is 10.4. The van der Waals surface area contributed by atoms with E-state index in [1.165, 1.54) is 18.5 Å². The fourth-order valence-electron chi connectivity index (χ4n) is 2.51. The van der Waals surface area contributed by atoms with Crippen molar-refractivity contribution in [1.82, 2.24) is 15.3 Å². The van der Waals surface area contributed by atoms with Crippen molar-refractivity contribution in [2.75, 3.05) is 5.32 Å². The molecule has 2 aromatic carbocycles. The number of carbonyl (C=O) groups is 1. The molecule has 0 bridgehead atoms. The molecule has 0 saturated carbocycles. The maximum absolute atomic E-state index is 12.9. The van der Waals surface area contributed by atoms with Gasteiger partial charge < -0.3 is 10.6 Å². The van der Waals surface area contributed by atoms with E-state index in [4.69, 9.17) is 0 Å². The summed E-state index contributed by atoms with van der Waals surface area (Å²) in [6.07, 6.45) is 2.24. The molecule has 1 heterocycles. The summed E-state index contributed by atoms with van der Waals surface area (Å²) in [7, 11) is 0. The van der Waals surface area contributed by atoms with Crippen LogP contribution in [0.25, 0.3) is 0 Å². The number of aryl methyl sites for hydroxylation is 1. The molecule has 0 saturated heterocycles. The topological polar surface area (TPSA) is 66.9 Å². The van der Waals surface area contributed by atoms with Gasteiger partial charge in [-0.25, -0.2) is 14.4 Å². The highest BCUT2D eigenvalue weighted by Gasteiger charge is 2.09. The minimum absolute atomic E-state index is 0.263. The van der Waals surface area contributed by atoms with Crippen molar-refractivity contribution < 1.29 is 9.18 Å². The van der Waals surface area contributed by atoms with Gasteiger partial charge in [0, 0.05) is 18.3 Å². The van der Waals surface area contributed by atoms with E-state index in [9.17, 15) is 9.18 Å². The van der Waals surface area contributed by atoms with Crippen LogP contribution in [0.4, 0.5) is 15.9 Å². The first-order valence-corrected chi connectivity index (χ1v) is 8.35. The van der Waals surface area contributed by atoms with E-state index in [1.54, 1.807) is 18.2 Å². The summed E-state index contributed by atoms with van der Waals surface area (Å²) in [6.45, 7) is 2.37. The lowest BCUT2D eigenvalue weighted by atomic mass is 10.1. The summed E-state index contributed by atoms with van der Waals surface area (Å²) < 4.78 is 12.9. The number of nitrogens with one attached hydrogen (secondary N) is 2. The Labute approximate surface area is 151 Å². The van der Waals surface area contributed by atoms with Crippen LogP contribution in [0.2, 0.25) is 0 Å². The molecule has 0 aliphatic rings. The Balaban J connectivity index is 1.68. The van der Waals surface area contributed by atoms with Gasteiger partial charge in [0.15, 0.2) is 0 Å². The van der Waals surface area contributed by atoms with Crippen LogP contribution in [0.3, 0.4) is 0 Å². The van der Waals surface area contributed by atoms with Crippen LogP contribution in [0.5, 0.6) is 0 Å². The molecule has 2 N–H and O–H groups in total. The van der Waals surface area contributed by atoms with Gasteiger partial charge in [-0.1, -0.05) is 37.3 Å². The highest BCUT2D eigenvalue weighted by molar-refractivity contribution is 5.92. The smallest absolute Gasteiger partial charge is 0.270 e. The minimum Gasteiger partial charge on any atom is -0.347 e. The Morgan fingerprint density at radius 2 is 1.85 bits per heavy atom. The third-order valence-corrected chi connectivity index (χ3v) is 3.93. The molecule has 0 radical (unpaired) electrons. The molecule has 132 valence electrons. The summed E-state index contributed by atoms with van der Waals surface area (Å²) in [5.41, 5.74) is 3.18. The highest BCUT2D eigenvalue weighted by atomic mass is 19.1. The standard InChI is InChI=1S/C20H19FN4O/c1-2-15-5-3-4-6-17(15)25-19-11-18(23-13-24-19)20(26)22-12-14-7-9-16(21)10-8-14/h3-11,13H,2,12H2,1H3,(H,22,26)(H,23,24,25). The van der Waals surface area contributed by atoms with Gasteiger partial charge in [-0.2, -0.15) is 0 Å². The van der Waals surface area contributed by atoms with Crippen molar-refractivity contribution in [2.24, 2.45) is 0 Å². The van der Waals surface area contributed by atoms with Gasteiger partial charge in [0.05, 0.1) is 0 Å². The minimum atomic E-state index is -0.316. The molecule has 0 atom stereocenters. The van der Waals surface area contributed by atoms with Crippen LogP contribution < -0.4 is 10.6 Å². The summed E-state index contributed by atoms with van der Waals surface area (Å²) in [4.78, 5) is 20.5. The molecule has 5 nitrogen and oxygen atoms in total. The number of hydrogen-bond acceptors (Lipinski definition) is 4. The zero-order chi connectivity index (χ0) is 18.4. The second-order valence-corrected chi connectivity index (χ2v) is 5.73. The molecular weight excluding hydrogens is 331 g/mol. The number of aromatic nitrogens is 2. The molecule has 6 heteroatoms. The van der Waals surface area contributed by atoms with E-state index in [-0.39, 0.29) is 17.4 Å². The Kier molecular flexibility index (Phi) is 5.53. The van der Waals surface area contributed by atoms with Gasteiger partial charge in [-0.15, -0.1) is 0 Å². The molecule has 0 spiro atoms. The van der Waals surface area contributed by atoms with Crippen molar-refractivity contribution in [2.45, 2.75) is 19.9 Å². The van der Waals surface area contributed by atoms with E-state index in [1.807, 2.05) is 24.3 Å². The van der Waals surface area contributed by atoms with Gasteiger partial charge in [-0.05, 0) is 35.7 Å². The van der Waals surface area contributed by atoms with Crippen molar-refractivity contribution >= 4 is 17.4 Å². The third kappa shape index (κ3) is 4.42. The first-order valence-electron chi connectivity index (χ1n) is 8.35. The molecule has 0 unspecified atom stereocenters. The van der Waals surface area contributed by atoms with E-state index < -0.39 is 0 Å². The quantitative estimate of drug-likeness (QED) is 0.709. The number of para-hydroxylation sites is 1. The number of hydrogen-bond donors (Lipinski definition) is 2. The maximum Gasteiger partial charge on any atom is 0.270 e.